The fraction of sp³-hybridized carbons (Fsp3) is 0.500. The molecule has 114 valence electrons. The number of hydrogen-bond acceptors (Lipinski definition) is 3. The van der Waals surface area contributed by atoms with E-state index in [4.69, 9.17) is 23.2 Å². The maximum atomic E-state index is 12.2. The lowest BCUT2D eigenvalue weighted by Gasteiger charge is -2.23. The second-order valence-electron chi connectivity index (χ2n) is 5.75. The monoisotopic (exact) mass is 330 g/mol. The fourth-order valence-electron chi connectivity index (χ4n) is 2.64. The molecule has 0 atom stereocenters. The zero-order valence-electron chi connectivity index (χ0n) is 11.6. The van der Waals surface area contributed by atoms with Gasteiger partial charge in [-0.15, -0.1) is 0 Å². The van der Waals surface area contributed by atoms with Crippen molar-refractivity contribution < 1.29 is 9.72 Å². The summed E-state index contributed by atoms with van der Waals surface area (Å²) in [5.41, 5.74) is -0.119. The van der Waals surface area contributed by atoms with E-state index in [1.165, 1.54) is 0 Å². The van der Waals surface area contributed by atoms with Crippen molar-refractivity contribution >= 4 is 34.8 Å². The van der Waals surface area contributed by atoms with Gasteiger partial charge in [0.25, 0.3) is 11.6 Å². The smallest absolute Gasteiger partial charge is 0.271 e. The number of halogens is 2. The van der Waals surface area contributed by atoms with Gasteiger partial charge < -0.3 is 5.32 Å². The molecule has 0 radical (unpaired) electrons. The Hall–Kier alpha value is -1.33. The lowest BCUT2D eigenvalue weighted by molar-refractivity contribution is -0.384. The third-order valence-electron chi connectivity index (χ3n) is 3.95. The molecule has 1 saturated carbocycles. The summed E-state index contributed by atoms with van der Waals surface area (Å²) in [5.74, 6) is -0.432. The highest BCUT2D eigenvalue weighted by molar-refractivity contribution is 6.44. The predicted octanol–water partition coefficient (Wildman–Crippen LogP) is 4.21. The van der Waals surface area contributed by atoms with E-state index in [-0.39, 0.29) is 26.7 Å². The molecule has 2 rings (SSSR count). The number of nitro groups is 1. The van der Waals surface area contributed by atoms with E-state index in [1.807, 2.05) is 0 Å². The molecule has 1 aliphatic rings. The third-order valence-corrected chi connectivity index (χ3v) is 4.76. The molecular weight excluding hydrogens is 315 g/mol. The lowest BCUT2D eigenvalue weighted by Crippen LogP contribution is -2.34. The van der Waals surface area contributed by atoms with Crippen molar-refractivity contribution in [2.75, 3.05) is 6.54 Å². The molecule has 0 heterocycles. The standard InChI is InChI=1S/C14H16Cl2N2O3/c1-14(4-2-3-5-14)8-17-13(19)10-6-9(18(20)21)7-11(15)12(10)16/h6-7H,2-5,8H2,1H3,(H,17,19). The second kappa shape index (κ2) is 6.20. The zero-order chi connectivity index (χ0) is 15.6. The molecule has 1 aromatic carbocycles. The third kappa shape index (κ3) is 3.66. The Labute approximate surface area is 132 Å². The maximum Gasteiger partial charge on any atom is 0.271 e. The minimum Gasteiger partial charge on any atom is -0.351 e. The van der Waals surface area contributed by atoms with Crippen LogP contribution in [-0.4, -0.2) is 17.4 Å². The zero-order valence-corrected chi connectivity index (χ0v) is 13.1. The van der Waals surface area contributed by atoms with Gasteiger partial charge in [-0.2, -0.15) is 0 Å². The Kier molecular flexibility index (Phi) is 4.74. The molecular formula is C14H16Cl2N2O3. The number of non-ortho nitro benzene ring substituents is 1. The summed E-state index contributed by atoms with van der Waals surface area (Å²) in [6.07, 6.45) is 4.46. The number of carbonyl (C=O) groups excluding carboxylic acids is 1. The number of nitro benzene ring substituents is 1. The molecule has 0 aliphatic heterocycles. The highest BCUT2D eigenvalue weighted by atomic mass is 35.5. The molecule has 5 nitrogen and oxygen atoms in total. The molecule has 21 heavy (non-hydrogen) atoms. The Morgan fingerprint density at radius 2 is 2.00 bits per heavy atom. The van der Waals surface area contributed by atoms with Gasteiger partial charge in [-0.3, -0.25) is 14.9 Å². The van der Waals surface area contributed by atoms with Crippen molar-refractivity contribution in [3.63, 3.8) is 0 Å². The minimum atomic E-state index is -0.600. The molecule has 1 amide bonds. The van der Waals surface area contributed by atoms with E-state index < -0.39 is 10.8 Å². The molecule has 0 spiro atoms. The molecule has 1 fully saturated rings. The molecule has 0 saturated heterocycles. The summed E-state index contributed by atoms with van der Waals surface area (Å²) in [6.45, 7) is 2.66. The molecule has 0 bridgehead atoms. The topological polar surface area (TPSA) is 72.2 Å². The number of nitrogens with zero attached hydrogens (tertiary/aromatic N) is 1. The van der Waals surface area contributed by atoms with E-state index in [0.717, 1.165) is 37.8 Å². The summed E-state index contributed by atoms with van der Waals surface area (Å²) in [5, 5.41) is 13.7. The van der Waals surface area contributed by atoms with E-state index in [2.05, 4.69) is 12.2 Å². The van der Waals surface area contributed by atoms with Crippen molar-refractivity contribution in [3.8, 4) is 0 Å². The van der Waals surface area contributed by atoms with Crippen molar-refractivity contribution in [1.82, 2.24) is 5.32 Å². The highest BCUT2D eigenvalue weighted by Gasteiger charge is 2.29. The van der Waals surface area contributed by atoms with Crippen LogP contribution in [0.15, 0.2) is 12.1 Å². The number of rotatable bonds is 4. The first-order chi connectivity index (χ1) is 9.82. The lowest BCUT2D eigenvalue weighted by atomic mass is 9.89. The van der Waals surface area contributed by atoms with E-state index in [1.54, 1.807) is 0 Å². The Balaban J connectivity index is 2.16. The maximum absolute atomic E-state index is 12.2. The van der Waals surface area contributed by atoms with Crippen LogP contribution in [0.1, 0.15) is 43.0 Å². The van der Waals surface area contributed by atoms with Gasteiger partial charge in [0.15, 0.2) is 0 Å². The van der Waals surface area contributed by atoms with Crippen LogP contribution >= 0.6 is 23.2 Å². The molecule has 1 aromatic rings. The van der Waals surface area contributed by atoms with Gasteiger partial charge in [-0.05, 0) is 18.3 Å². The number of hydrogen-bond donors (Lipinski definition) is 1. The van der Waals surface area contributed by atoms with E-state index in [0.29, 0.717) is 6.54 Å². The van der Waals surface area contributed by atoms with Crippen LogP contribution in [0.5, 0.6) is 0 Å². The molecule has 0 aromatic heterocycles. The summed E-state index contributed by atoms with van der Waals surface area (Å²) >= 11 is 11.8. The Bertz CT molecular complexity index is 584. The van der Waals surface area contributed by atoms with Crippen LogP contribution in [0.4, 0.5) is 5.69 Å². The molecule has 0 unspecified atom stereocenters. The predicted molar refractivity (Wildman–Crippen MR) is 82.0 cm³/mol. The average molecular weight is 331 g/mol. The van der Waals surface area contributed by atoms with E-state index >= 15 is 0 Å². The van der Waals surface area contributed by atoms with Gasteiger partial charge in [0.05, 0.1) is 20.5 Å². The van der Waals surface area contributed by atoms with Crippen LogP contribution in [0.3, 0.4) is 0 Å². The minimum absolute atomic E-state index is 0.00287. The molecule has 7 heteroatoms. The number of amides is 1. The van der Waals surface area contributed by atoms with Gasteiger partial charge in [0.2, 0.25) is 0 Å². The normalized spacial score (nSPS) is 16.7. The van der Waals surface area contributed by atoms with E-state index in [9.17, 15) is 14.9 Å². The Morgan fingerprint density at radius 1 is 1.38 bits per heavy atom. The summed E-state index contributed by atoms with van der Waals surface area (Å²) in [6, 6.07) is 2.29. The number of nitrogens with one attached hydrogen (secondary N) is 1. The van der Waals surface area contributed by atoms with Gasteiger partial charge >= 0.3 is 0 Å². The summed E-state index contributed by atoms with van der Waals surface area (Å²) in [7, 11) is 0. The highest BCUT2D eigenvalue weighted by Crippen LogP contribution is 2.37. The number of carbonyl (C=O) groups is 1. The second-order valence-corrected chi connectivity index (χ2v) is 6.53. The largest absolute Gasteiger partial charge is 0.351 e. The first-order valence-corrected chi connectivity index (χ1v) is 7.50. The van der Waals surface area contributed by atoms with Crippen molar-refractivity contribution in [2.45, 2.75) is 32.6 Å². The summed E-state index contributed by atoms with van der Waals surface area (Å²) < 4.78 is 0. The van der Waals surface area contributed by atoms with Crippen LogP contribution in [-0.2, 0) is 0 Å². The van der Waals surface area contributed by atoms with Gasteiger partial charge in [0, 0.05) is 18.7 Å². The number of benzene rings is 1. The average Bonchev–Trinajstić information content (AvgIpc) is 2.86. The van der Waals surface area contributed by atoms with Gasteiger partial charge in [0.1, 0.15) is 0 Å². The van der Waals surface area contributed by atoms with Crippen LogP contribution in [0, 0.1) is 15.5 Å². The fourth-order valence-corrected chi connectivity index (χ4v) is 3.05. The van der Waals surface area contributed by atoms with Crippen molar-refractivity contribution in [3.05, 3.63) is 37.9 Å². The first-order valence-electron chi connectivity index (χ1n) is 6.74. The van der Waals surface area contributed by atoms with Crippen LogP contribution in [0.2, 0.25) is 10.0 Å². The van der Waals surface area contributed by atoms with Gasteiger partial charge in [-0.1, -0.05) is 43.0 Å². The van der Waals surface area contributed by atoms with Gasteiger partial charge in [-0.25, -0.2) is 0 Å². The van der Waals surface area contributed by atoms with Crippen molar-refractivity contribution in [2.24, 2.45) is 5.41 Å². The SMILES string of the molecule is CC1(CNC(=O)c2cc([N+](=O)[O-])cc(Cl)c2Cl)CCCC1. The van der Waals surface area contributed by atoms with Crippen LogP contribution < -0.4 is 5.32 Å². The molecule has 1 aliphatic carbocycles. The van der Waals surface area contributed by atoms with Crippen LogP contribution in [0.25, 0.3) is 0 Å². The molecule has 1 N–H and O–H groups in total. The first kappa shape index (κ1) is 16.0. The quantitative estimate of drug-likeness (QED) is 0.663. The Morgan fingerprint density at radius 3 is 2.57 bits per heavy atom. The van der Waals surface area contributed by atoms with Crippen molar-refractivity contribution in [1.29, 1.82) is 0 Å². The summed E-state index contributed by atoms with van der Waals surface area (Å²) in [4.78, 5) is 22.4.